The summed E-state index contributed by atoms with van der Waals surface area (Å²) in [4.78, 5) is 13.4. The third kappa shape index (κ3) is 4.27. The Bertz CT molecular complexity index is 207. The molecule has 0 N–H and O–H groups in total. The van der Waals surface area contributed by atoms with Gasteiger partial charge in [0.2, 0.25) is 0 Å². The molecule has 0 unspecified atom stereocenters. The van der Waals surface area contributed by atoms with Crippen LogP contribution < -0.4 is 0 Å². The monoisotopic (exact) mass is 245 g/mol. The normalized spacial score (nSPS) is 11.2. The van der Waals surface area contributed by atoms with Crippen molar-refractivity contribution in [2.24, 2.45) is 0 Å². The molecule has 0 fully saturated rings. The molecule has 0 rings (SSSR count). The van der Waals surface area contributed by atoms with Crippen LogP contribution in [0.3, 0.4) is 0 Å². The van der Waals surface area contributed by atoms with Crippen LogP contribution in [0, 0.1) is 0 Å². The van der Waals surface area contributed by atoms with Gasteiger partial charge in [0.05, 0.1) is 4.48 Å². The molecular weight excluding hydrogens is 230 g/mol. The number of halogens is 1. The summed E-state index contributed by atoms with van der Waals surface area (Å²) in [5.41, 5.74) is 0. The summed E-state index contributed by atoms with van der Waals surface area (Å²) in [5, 5.41) is 0. The summed E-state index contributed by atoms with van der Waals surface area (Å²) in [6.07, 6.45) is 4.30. The van der Waals surface area contributed by atoms with E-state index in [0.29, 0.717) is 10.9 Å². The maximum Gasteiger partial charge on any atom is 0.260 e. The summed E-state index contributed by atoms with van der Waals surface area (Å²) in [7, 11) is 0. The van der Waals surface area contributed by atoms with E-state index in [1.54, 1.807) is 11.0 Å². The Morgan fingerprint density at radius 2 is 2.00 bits per heavy atom. The summed E-state index contributed by atoms with van der Waals surface area (Å²) in [6, 6.07) is 0. The lowest BCUT2D eigenvalue weighted by atomic mass is 10.3. The summed E-state index contributed by atoms with van der Waals surface area (Å²) in [5.74, 6) is 0.0480. The van der Waals surface area contributed by atoms with E-state index in [9.17, 15) is 4.79 Å². The van der Waals surface area contributed by atoms with Gasteiger partial charge in [-0.25, -0.2) is 0 Å². The fourth-order valence-corrected chi connectivity index (χ4v) is 1.37. The first-order chi connectivity index (χ1) is 6.17. The molecule has 2 nitrogen and oxygen atoms in total. The Balaban J connectivity index is 4.30. The molecule has 0 saturated carbocycles. The zero-order valence-electron chi connectivity index (χ0n) is 8.22. The van der Waals surface area contributed by atoms with Gasteiger partial charge >= 0.3 is 0 Å². The van der Waals surface area contributed by atoms with Crippen molar-refractivity contribution in [1.82, 2.24) is 4.90 Å². The van der Waals surface area contributed by atoms with E-state index < -0.39 is 0 Å². The van der Waals surface area contributed by atoms with Gasteiger partial charge in [0.15, 0.2) is 0 Å². The highest BCUT2D eigenvalue weighted by Gasteiger charge is 2.11. The fourth-order valence-electron chi connectivity index (χ4n) is 0.936. The molecule has 74 valence electrons. The second-order valence-corrected chi connectivity index (χ2v) is 3.41. The van der Waals surface area contributed by atoms with Gasteiger partial charge in [-0.3, -0.25) is 4.79 Å². The molecule has 0 bridgehead atoms. The number of carbonyl (C=O) groups excluding carboxylic acids is 1. The van der Waals surface area contributed by atoms with Gasteiger partial charge in [-0.1, -0.05) is 12.2 Å². The molecule has 0 aliphatic carbocycles. The lowest BCUT2D eigenvalue weighted by molar-refractivity contribution is -0.125. The van der Waals surface area contributed by atoms with Crippen molar-refractivity contribution >= 4 is 21.8 Å². The maximum atomic E-state index is 11.6. The van der Waals surface area contributed by atoms with Gasteiger partial charge in [-0.05, 0) is 36.2 Å². The largest absolute Gasteiger partial charge is 0.339 e. The highest BCUT2D eigenvalue weighted by atomic mass is 79.9. The lowest BCUT2D eigenvalue weighted by Crippen LogP contribution is -2.30. The van der Waals surface area contributed by atoms with Gasteiger partial charge < -0.3 is 4.90 Å². The SMILES string of the molecule is C=CC/C=C(/Br)C(=O)N(CC)CC. The van der Waals surface area contributed by atoms with Gasteiger partial charge in [-0.2, -0.15) is 0 Å². The number of rotatable bonds is 5. The number of hydrogen-bond acceptors (Lipinski definition) is 1. The van der Waals surface area contributed by atoms with Crippen LogP contribution >= 0.6 is 15.9 Å². The van der Waals surface area contributed by atoms with E-state index in [4.69, 9.17) is 0 Å². The number of hydrogen-bond donors (Lipinski definition) is 0. The van der Waals surface area contributed by atoms with Crippen LogP contribution in [0.2, 0.25) is 0 Å². The molecule has 3 heteroatoms. The van der Waals surface area contributed by atoms with Crippen LogP contribution in [0.15, 0.2) is 23.2 Å². The van der Waals surface area contributed by atoms with Crippen molar-refractivity contribution in [3.05, 3.63) is 23.2 Å². The third-order valence-electron chi connectivity index (χ3n) is 1.72. The van der Waals surface area contributed by atoms with E-state index in [0.717, 1.165) is 13.1 Å². The minimum atomic E-state index is 0.0480. The molecule has 0 aromatic carbocycles. The van der Waals surface area contributed by atoms with Crippen LogP contribution in [-0.4, -0.2) is 23.9 Å². The van der Waals surface area contributed by atoms with Gasteiger partial charge in [0.1, 0.15) is 0 Å². The first-order valence-corrected chi connectivity index (χ1v) is 5.22. The molecule has 0 heterocycles. The van der Waals surface area contributed by atoms with Gasteiger partial charge in [0.25, 0.3) is 5.91 Å². The Kier molecular flexibility index (Phi) is 6.59. The number of nitrogens with zero attached hydrogens (tertiary/aromatic N) is 1. The lowest BCUT2D eigenvalue weighted by Gasteiger charge is -2.17. The average Bonchev–Trinajstić information content (AvgIpc) is 2.15. The molecule has 0 aromatic rings. The minimum absolute atomic E-state index is 0.0480. The predicted molar refractivity (Wildman–Crippen MR) is 59.8 cm³/mol. The Labute approximate surface area is 88.4 Å². The average molecular weight is 246 g/mol. The Morgan fingerprint density at radius 3 is 2.38 bits per heavy atom. The van der Waals surface area contributed by atoms with Crippen molar-refractivity contribution < 1.29 is 4.79 Å². The van der Waals surface area contributed by atoms with Crippen LogP contribution in [0.5, 0.6) is 0 Å². The quantitative estimate of drug-likeness (QED) is 0.539. The van der Waals surface area contributed by atoms with E-state index in [1.807, 2.05) is 19.9 Å². The minimum Gasteiger partial charge on any atom is -0.339 e. The van der Waals surface area contributed by atoms with Crippen LogP contribution in [0.4, 0.5) is 0 Å². The molecule has 0 radical (unpaired) electrons. The zero-order chi connectivity index (χ0) is 10.3. The standard InChI is InChI=1S/C10H16BrNO/c1-4-7-8-9(11)10(13)12(5-2)6-3/h4,8H,1,5-7H2,2-3H3/b9-8+. The highest BCUT2D eigenvalue weighted by molar-refractivity contribution is 9.12. The van der Waals surface area contributed by atoms with E-state index >= 15 is 0 Å². The highest BCUT2D eigenvalue weighted by Crippen LogP contribution is 2.10. The predicted octanol–water partition coefficient (Wildman–Crippen LogP) is 2.71. The van der Waals surface area contributed by atoms with Gasteiger partial charge in [-0.15, -0.1) is 6.58 Å². The molecule has 0 aromatic heterocycles. The second kappa shape index (κ2) is 6.89. The van der Waals surface area contributed by atoms with E-state index in [-0.39, 0.29) is 5.91 Å². The molecule has 13 heavy (non-hydrogen) atoms. The van der Waals surface area contributed by atoms with Crippen LogP contribution in [-0.2, 0) is 4.79 Å². The topological polar surface area (TPSA) is 20.3 Å². The first kappa shape index (κ1) is 12.4. The summed E-state index contributed by atoms with van der Waals surface area (Å²) >= 11 is 3.25. The Hall–Kier alpha value is -0.570. The van der Waals surface area contributed by atoms with Crippen molar-refractivity contribution in [2.75, 3.05) is 13.1 Å². The third-order valence-corrected chi connectivity index (χ3v) is 2.38. The Morgan fingerprint density at radius 1 is 1.46 bits per heavy atom. The molecule has 0 atom stereocenters. The molecule has 0 aliphatic heterocycles. The number of amides is 1. The van der Waals surface area contributed by atoms with E-state index in [1.165, 1.54) is 0 Å². The van der Waals surface area contributed by atoms with Crippen molar-refractivity contribution in [3.63, 3.8) is 0 Å². The molecule has 0 aliphatic rings. The molecule has 0 spiro atoms. The first-order valence-electron chi connectivity index (χ1n) is 4.43. The summed E-state index contributed by atoms with van der Waals surface area (Å²) in [6.45, 7) is 9.01. The smallest absolute Gasteiger partial charge is 0.260 e. The molecule has 1 amide bonds. The van der Waals surface area contributed by atoms with Crippen LogP contribution in [0.1, 0.15) is 20.3 Å². The fraction of sp³-hybridized carbons (Fsp3) is 0.500. The zero-order valence-corrected chi connectivity index (χ0v) is 9.80. The molecular formula is C10H16BrNO. The van der Waals surface area contributed by atoms with Crippen LogP contribution in [0.25, 0.3) is 0 Å². The maximum absolute atomic E-state index is 11.6. The number of allylic oxidation sites excluding steroid dienone is 2. The van der Waals surface area contributed by atoms with Gasteiger partial charge in [0, 0.05) is 13.1 Å². The molecule has 0 saturated heterocycles. The summed E-state index contributed by atoms with van der Waals surface area (Å²) < 4.78 is 0.621. The van der Waals surface area contributed by atoms with Crippen molar-refractivity contribution in [3.8, 4) is 0 Å². The van der Waals surface area contributed by atoms with E-state index in [2.05, 4.69) is 22.5 Å². The number of likely N-dealkylation sites (N-methyl/N-ethyl adjacent to an activating group) is 1. The second-order valence-electron chi connectivity index (χ2n) is 2.55. The van der Waals surface area contributed by atoms with Crippen molar-refractivity contribution in [1.29, 1.82) is 0 Å². The van der Waals surface area contributed by atoms with Crippen molar-refractivity contribution in [2.45, 2.75) is 20.3 Å². The number of carbonyl (C=O) groups is 1.